The lowest BCUT2D eigenvalue weighted by atomic mass is 9.98. The maximum absolute atomic E-state index is 12.6. The first-order valence-electron chi connectivity index (χ1n) is 8.53. The fourth-order valence-corrected chi connectivity index (χ4v) is 4.38. The quantitative estimate of drug-likeness (QED) is 0.758. The molecule has 26 heavy (non-hydrogen) atoms. The van der Waals surface area contributed by atoms with Gasteiger partial charge in [0.1, 0.15) is 6.54 Å². The number of carbonyl (C=O) groups is 1. The van der Waals surface area contributed by atoms with Gasteiger partial charge in [0.05, 0.1) is 15.2 Å². The standard InChI is InChI=1S/C18H18N4O3S/c23-15-7-9-22(18(25)20-15)11-16(24)21-8-3-4-12(10-21)17-19-13-5-1-2-6-14(13)26-17/h1-2,5-7,9,12H,3-4,8,10-11H2,(H,20,23,25)/t12-/m1/s1. The van der Waals surface area contributed by atoms with E-state index in [0.29, 0.717) is 13.1 Å². The maximum atomic E-state index is 12.6. The molecule has 134 valence electrons. The minimum absolute atomic E-state index is 0.0673. The number of hydrogen-bond acceptors (Lipinski definition) is 5. The third-order valence-electron chi connectivity index (χ3n) is 4.64. The number of likely N-dealkylation sites (tertiary alicyclic amines) is 1. The van der Waals surface area contributed by atoms with Crippen LogP contribution in [0.1, 0.15) is 23.8 Å². The summed E-state index contributed by atoms with van der Waals surface area (Å²) >= 11 is 1.68. The molecule has 3 aromatic rings. The molecule has 0 saturated carbocycles. The van der Waals surface area contributed by atoms with E-state index in [9.17, 15) is 14.4 Å². The summed E-state index contributed by atoms with van der Waals surface area (Å²) in [6.45, 7) is 1.22. The second-order valence-corrected chi connectivity index (χ2v) is 7.50. The molecule has 1 saturated heterocycles. The van der Waals surface area contributed by atoms with Gasteiger partial charge < -0.3 is 4.90 Å². The van der Waals surface area contributed by atoms with Gasteiger partial charge in [-0.15, -0.1) is 11.3 Å². The smallest absolute Gasteiger partial charge is 0.328 e. The Kier molecular flexibility index (Phi) is 4.42. The van der Waals surface area contributed by atoms with E-state index < -0.39 is 11.2 Å². The van der Waals surface area contributed by atoms with Crippen molar-refractivity contribution >= 4 is 27.5 Å². The number of amides is 1. The molecule has 0 radical (unpaired) electrons. The second-order valence-electron chi connectivity index (χ2n) is 6.44. The third-order valence-corrected chi connectivity index (χ3v) is 5.84. The number of fused-ring (bicyclic) bond motifs is 1. The van der Waals surface area contributed by atoms with Crippen LogP contribution in [0.5, 0.6) is 0 Å². The predicted octanol–water partition coefficient (Wildman–Crippen LogP) is 1.55. The minimum Gasteiger partial charge on any atom is -0.340 e. The Balaban J connectivity index is 1.49. The minimum atomic E-state index is -0.564. The van der Waals surface area contributed by atoms with Crippen LogP contribution in [0.25, 0.3) is 10.2 Å². The van der Waals surface area contributed by atoms with Gasteiger partial charge in [-0.1, -0.05) is 12.1 Å². The van der Waals surface area contributed by atoms with E-state index in [0.717, 1.165) is 28.1 Å². The summed E-state index contributed by atoms with van der Waals surface area (Å²) in [4.78, 5) is 44.2. The lowest BCUT2D eigenvalue weighted by Crippen LogP contribution is -2.42. The summed E-state index contributed by atoms with van der Waals surface area (Å²) in [5, 5.41) is 1.06. The molecule has 1 amide bonds. The van der Waals surface area contributed by atoms with E-state index in [2.05, 4.69) is 11.1 Å². The molecule has 1 aromatic carbocycles. The normalized spacial score (nSPS) is 17.5. The molecule has 1 N–H and O–H groups in total. The van der Waals surface area contributed by atoms with E-state index in [1.807, 2.05) is 18.2 Å². The summed E-state index contributed by atoms with van der Waals surface area (Å²) in [6.07, 6.45) is 3.27. The maximum Gasteiger partial charge on any atom is 0.328 e. The third kappa shape index (κ3) is 3.32. The molecule has 4 rings (SSSR count). The van der Waals surface area contributed by atoms with Crippen molar-refractivity contribution in [2.45, 2.75) is 25.3 Å². The van der Waals surface area contributed by atoms with E-state index in [4.69, 9.17) is 4.98 Å². The Morgan fingerprint density at radius 3 is 2.92 bits per heavy atom. The highest BCUT2D eigenvalue weighted by Crippen LogP contribution is 2.32. The van der Waals surface area contributed by atoms with Crippen LogP contribution >= 0.6 is 11.3 Å². The van der Waals surface area contributed by atoms with Crippen molar-refractivity contribution in [1.29, 1.82) is 0 Å². The van der Waals surface area contributed by atoms with Crippen LogP contribution in [0, 0.1) is 0 Å². The van der Waals surface area contributed by atoms with Gasteiger partial charge in [0, 0.05) is 31.3 Å². The number of hydrogen-bond donors (Lipinski definition) is 1. The number of benzene rings is 1. The van der Waals surface area contributed by atoms with Crippen LogP contribution in [-0.2, 0) is 11.3 Å². The van der Waals surface area contributed by atoms with Gasteiger partial charge in [-0.05, 0) is 25.0 Å². The molecule has 1 aliphatic rings. The zero-order chi connectivity index (χ0) is 18.1. The summed E-state index contributed by atoms with van der Waals surface area (Å²) in [7, 11) is 0. The first kappa shape index (κ1) is 16.7. The summed E-state index contributed by atoms with van der Waals surface area (Å²) in [6, 6.07) is 9.29. The molecule has 0 bridgehead atoms. The lowest BCUT2D eigenvalue weighted by Gasteiger charge is -2.32. The number of nitrogens with one attached hydrogen (secondary N) is 1. The molecular formula is C18H18N4O3S. The van der Waals surface area contributed by atoms with Crippen molar-refractivity contribution in [2.24, 2.45) is 0 Å². The summed E-state index contributed by atoms with van der Waals surface area (Å²) < 4.78 is 2.39. The number of piperidine rings is 1. The van der Waals surface area contributed by atoms with Gasteiger partial charge in [-0.3, -0.25) is 19.1 Å². The number of aromatic amines is 1. The first-order valence-corrected chi connectivity index (χ1v) is 9.35. The zero-order valence-corrected chi connectivity index (χ0v) is 14.9. The van der Waals surface area contributed by atoms with Crippen molar-refractivity contribution in [1.82, 2.24) is 19.4 Å². The largest absolute Gasteiger partial charge is 0.340 e. The Bertz CT molecular complexity index is 1030. The van der Waals surface area contributed by atoms with Crippen molar-refractivity contribution in [3.8, 4) is 0 Å². The molecule has 8 heteroatoms. The molecule has 0 spiro atoms. The molecular weight excluding hydrogens is 352 g/mol. The summed E-state index contributed by atoms with van der Waals surface area (Å²) in [5.41, 5.74) is -0.0334. The van der Waals surface area contributed by atoms with Crippen LogP contribution in [0.2, 0.25) is 0 Å². The van der Waals surface area contributed by atoms with Crippen LogP contribution in [0.3, 0.4) is 0 Å². The van der Waals surface area contributed by atoms with Crippen LogP contribution in [-0.4, -0.2) is 38.4 Å². The molecule has 0 unspecified atom stereocenters. The highest BCUT2D eigenvalue weighted by Gasteiger charge is 2.27. The van der Waals surface area contributed by atoms with Gasteiger partial charge in [0.2, 0.25) is 5.91 Å². The van der Waals surface area contributed by atoms with Gasteiger partial charge >= 0.3 is 5.69 Å². The Morgan fingerprint density at radius 2 is 2.12 bits per heavy atom. The van der Waals surface area contributed by atoms with Crippen molar-refractivity contribution in [3.05, 3.63) is 62.4 Å². The fourth-order valence-electron chi connectivity index (χ4n) is 3.28. The van der Waals surface area contributed by atoms with Crippen LogP contribution in [0.4, 0.5) is 0 Å². The highest BCUT2D eigenvalue weighted by atomic mass is 32.1. The topological polar surface area (TPSA) is 88.1 Å². The van der Waals surface area contributed by atoms with Crippen molar-refractivity contribution < 1.29 is 4.79 Å². The molecule has 1 atom stereocenters. The Hall–Kier alpha value is -2.74. The Morgan fingerprint density at radius 1 is 1.27 bits per heavy atom. The molecule has 1 fully saturated rings. The zero-order valence-electron chi connectivity index (χ0n) is 14.1. The molecule has 2 aromatic heterocycles. The lowest BCUT2D eigenvalue weighted by molar-refractivity contribution is -0.133. The average Bonchev–Trinajstić information content (AvgIpc) is 3.08. The fraction of sp³-hybridized carbons (Fsp3) is 0.333. The Labute approximate surface area is 152 Å². The molecule has 3 heterocycles. The summed E-state index contributed by atoms with van der Waals surface area (Å²) in [5.74, 6) is 0.0994. The number of rotatable bonds is 3. The molecule has 0 aliphatic carbocycles. The molecule has 7 nitrogen and oxygen atoms in total. The van der Waals surface area contributed by atoms with Gasteiger partial charge in [0.25, 0.3) is 5.56 Å². The van der Waals surface area contributed by atoms with E-state index in [1.54, 1.807) is 16.2 Å². The first-order chi connectivity index (χ1) is 12.6. The van der Waals surface area contributed by atoms with E-state index in [-0.39, 0.29) is 18.4 Å². The number of nitrogens with zero attached hydrogens (tertiary/aromatic N) is 3. The predicted molar refractivity (Wildman–Crippen MR) is 99.5 cm³/mol. The van der Waals surface area contributed by atoms with Gasteiger partial charge in [0.15, 0.2) is 0 Å². The van der Waals surface area contributed by atoms with Crippen molar-refractivity contribution in [3.63, 3.8) is 0 Å². The number of H-pyrrole nitrogens is 1. The van der Waals surface area contributed by atoms with Crippen LogP contribution < -0.4 is 11.2 Å². The van der Waals surface area contributed by atoms with E-state index >= 15 is 0 Å². The number of aromatic nitrogens is 3. The number of para-hydroxylation sites is 1. The van der Waals surface area contributed by atoms with Gasteiger partial charge in [-0.2, -0.15) is 0 Å². The number of carbonyl (C=O) groups excluding carboxylic acids is 1. The van der Waals surface area contributed by atoms with Crippen LogP contribution in [0.15, 0.2) is 46.1 Å². The van der Waals surface area contributed by atoms with Crippen molar-refractivity contribution in [2.75, 3.05) is 13.1 Å². The molecule has 1 aliphatic heterocycles. The van der Waals surface area contributed by atoms with E-state index in [1.165, 1.54) is 16.8 Å². The number of thiazole rings is 1. The average molecular weight is 370 g/mol. The van der Waals surface area contributed by atoms with Gasteiger partial charge in [-0.25, -0.2) is 9.78 Å². The monoisotopic (exact) mass is 370 g/mol. The SMILES string of the molecule is O=C(Cn1ccc(=O)[nH]c1=O)N1CCC[C@@H](c2nc3ccccc3s2)C1. The second kappa shape index (κ2) is 6.87. The highest BCUT2D eigenvalue weighted by molar-refractivity contribution is 7.18.